The maximum atomic E-state index is 11.1. The zero-order valence-electron chi connectivity index (χ0n) is 8.90. The number of carbonyl (C=O) groups is 2. The van der Waals surface area contributed by atoms with Gasteiger partial charge in [0.1, 0.15) is 11.6 Å². The molecule has 0 aliphatic rings. The first-order valence-electron chi connectivity index (χ1n) is 4.35. The third-order valence-electron chi connectivity index (χ3n) is 1.28. The zero-order chi connectivity index (χ0) is 12.1. The number of nitriles is 1. The fourth-order valence-corrected chi connectivity index (χ4v) is 0.741. The average Bonchev–Trinajstić information content (AvgIpc) is 1.99. The van der Waals surface area contributed by atoms with Crippen LogP contribution in [0.1, 0.15) is 27.2 Å². The van der Waals surface area contributed by atoms with Crippen molar-refractivity contribution in [3.05, 3.63) is 0 Å². The molecule has 84 valence electrons. The molecule has 0 bridgehead atoms. The van der Waals surface area contributed by atoms with Crippen LogP contribution >= 0.6 is 0 Å². The van der Waals surface area contributed by atoms with Crippen LogP contribution in [-0.4, -0.2) is 28.8 Å². The van der Waals surface area contributed by atoms with E-state index in [1.54, 1.807) is 26.8 Å². The van der Waals surface area contributed by atoms with Gasteiger partial charge < -0.3 is 15.2 Å². The predicted octanol–water partition coefficient (Wildman–Crippen LogP) is 0.878. The van der Waals surface area contributed by atoms with E-state index in [-0.39, 0.29) is 6.42 Å². The molecule has 0 aromatic carbocycles. The Bertz CT molecular complexity index is 287. The van der Waals surface area contributed by atoms with Gasteiger partial charge in [0.2, 0.25) is 0 Å². The van der Waals surface area contributed by atoms with Gasteiger partial charge in [0.15, 0.2) is 0 Å². The van der Waals surface area contributed by atoms with Gasteiger partial charge in [-0.15, -0.1) is 0 Å². The van der Waals surface area contributed by atoms with E-state index < -0.39 is 23.7 Å². The molecule has 1 atom stereocenters. The smallest absolute Gasteiger partial charge is 0.408 e. The molecule has 0 saturated carbocycles. The second-order valence-electron chi connectivity index (χ2n) is 3.90. The van der Waals surface area contributed by atoms with Crippen molar-refractivity contribution < 1.29 is 19.4 Å². The van der Waals surface area contributed by atoms with Gasteiger partial charge in [0.25, 0.3) is 0 Å². The number of carbonyl (C=O) groups excluding carboxylic acids is 1. The lowest BCUT2D eigenvalue weighted by Gasteiger charge is -2.21. The second kappa shape index (κ2) is 5.20. The average molecular weight is 214 g/mol. The summed E-state index contributed by atoms with van der Waals surface area (Å²) >= 11 is 0. The summed E-state index contributed by atoms with van der Waals surface area (Å²) in [5.41, 5.74) is -0.695. The Balaban J connectivity index is 4.25. The Morgan fingerprint density at radius 2 is 2.07 bits per heavy atom. The fourth-order valence-electron chi connectivity index (χ4n) is 0.741. The normalized spacial score (nSPS) is 12.4. The van der Waals surface area contributed by atoms with Gasteiger partial charge in [0.05, 0.1) is 12.5 Å². The van der Waals surface area contributed by atoms with Gasteiger partial charge in [-0.3, -0.25) is 0 Å². The predicted molar refractivity (Wildman–Crippen MR) is 51.0 cm³/mol. The molecule has 1 amide bonds. The molecule has 6 heteroatoms. The van der Waals surface area contributed by atoms with Crippen LogP contribution in [0.5, 0.6) is 0 Å². The highest BCUT2D eigenvalue weighted by Crippen LogP contribution is 2.07. The summed E-state index contributed by atoms with van der Waals surface area (Å²) in [5, 5.41) is 19.0. The van der Waals surface area contributed by atoms with Crippen molar-refractivity contribution in [3.63, 3.8) is 0 Å². The first kappa shape index (κ1) is 13.2. The standard InChI is InChI=1S/C9H14N2O4/c1-9(2,3)15-8(14)11-6(4-5-10)7(12)13/h6H,4H2,1-3H3,(H,11,14)(H,12,13)/t6-/m1/s1. The Hall–Kier alpha value is -1.77. The number of carboxylic acids is 1. The molecule has 15 heavy (non-hydrogen) atoms. The van der Waals surface area contributed by atoms with Gasteiger partial charge >= 0.3 is 12.1 Å². The number of hydrogen-bond acceptors (Lipinski definition) is 4. The molecule has 2 N–H and O–H groups in total. The summed E-state index contributed by atoms with van der Waals surface area (Å²) in [6, 6.07) is 0.435. The van der Waals surface area contributed by atoms with Crippen molar-refractivity contribution in [2.75, 3.05) is 0 Å². The molecule has 0 rings (SSSR count). The third-order valence-corrected chi connectivity index (χ3v) is 1.28. The van der Waals surface area contributed by atoms with E-state index in [0.29, 0.717) is 0 Å². The Morgan fingerprint density at radius 1 is 1.53 bits per heavy atom. The number of nitrogens with one attached hydrogen (secondary N) is 1. The Labute approximate surface area is 87.8 Å². The molecule has 0 aromatic heterocycles. The molecule has 0 unspecified atom stereocenters. The van der Waals surface area contributed by atoms with Crippen molar-refractivity contribution >= 4 is 12.1 Å². The molecular weight excluding hydrogens is 200 g/mol. The summed E-state index contributed by atoms with van der Waals surface area (Å²) in [7, 11) is 0. The van der Waals surface area contributed by atoms with Crippen LogP contribution in [0.3, 0.4) is 0 Å². The molecule has 0 aromatic rings. The van der Waals surface area contributed by atoms with Crippen LogP contribution in [0.4, 0.5) is 4.79 Å². The molecule has 0 heterocycles. The van der Waals surface area contributed by atoms with Crippen LogP contribution in [0.25, 0.3) is 0 Å². The summed E-state index contributed by atoms with van der Waals surface area (Å²) in [4.78, 5) is 21.7. The quantitative estimate of drug-likeness (QED) is 0.726. The molecule has 0 fully saturated rings. The number of nitrogens with zero attached hydrogens (tertiary/aromatic N) is 1. The molecule has 0 aliphatic heterocycles. The van der Waals surface area contributed by atoms with E-state index in [1.807, 2.05) is 0 Å². The number of alkyl carbamates (subject to hydrolysis) is 1. The van der Waals surface area contributed by atoms with Crippen LogP contribution in [0, 0.1) is 11.3 Å². The minimum Gasteiger partial charge on any atom is -0.480 e. The largest absolute Gasteiger partial charge is 0.480 e. The third kappa shape index (κ3) is 6.32. The molecular formula is C9H14N2O4. The first-order valence-corrected chi connectivity index (χ1v) is 4.35. The summed E-state index contributed by atoms with van der Waals surface area (Å²) in [5.74, 6) is -1.26. The maximum absolute atomic E-state index is 11.1. The Kier molecular flexibility index (Phi) is 4.58. The monoisotopic (exact) mass is 214 g/mol. The molecule has 0 radical (unpaired) electrons. The minimum absolute atomic E-state index is 0.297. The maximum Gasteiger partial charge on any atom is 0.408 e. The molecule has 0 aliphatic carbocycles. The van der Waals surface area contributed by atoms with Crippen LogP contribution in [0.2, 0.25) is 0 Å². The van der Waals surface area contributed by atoms with Crippen LogP contribution in [0.15, 0.2) is 0 Å². The second-order valence-corrected chi connectivity index (χ2v) is 3.90. The number of carboxylic acid groups (broad SMARTS) is 1. The van der Waals surface area contributed by atoms with Crippen molar-refractivity contribution in [2.45, 2.75) is 38.8 Å². The summed E-state index contributed by atoms with van der Waals surface area (Å²) in [6.07, 6.45) is -1.14. The zero-order valence-corrected chi connectivity index (χ0v) is 8.90. The van der Waals surface area contributed by atoms with Crippen molar-refractivity contribution in [2.24, 2.45) is 0 Å². The fraction of sp³-hybridized carbons (Fsp3) is 0.667. The summed E-state index contributed by atoms with van der Waals surface area (Å²) in [6.45, 7) is 4.98. The van der Waals surface area contributed by atoms with Gasteiger partial charge in [-0.25, -0.2) is 9.59 Å². The highest BCUT2D eigenvalue weighted by Gasteiger charge is 2.23. The van der Waals surface area contributed by atoms with E-state index in [4.69, 9.17) is 15.1 Å². The van der Waals surface area contributed by atoms with Crippen molar-refractivity contribution in [1.82, 2.24) is 5.32 Å². The summed E-state index contributed by atoms with van der Waals surface area (Å²) < 4.78 is 4.84. The number of amides is 1. The van der Waals surface area contributed by atoms with Crippen molar-refractivity contribution in [1.29, 1.82) is 5.26 Å². The number of rotatable bonds is 3. The van der Waals surface area contributed by atoms with E-state index in [0.717, 1.165) is 0 Å². The van der Waals surface area contributed by atoms with E-state index in [2.05, 4.69) is 5.32 Å². The number of hydrogen-bond donors (Lipinski definition) is 2. The van der Waals surface area contributed by atoms with Gasteiger partial charge in [-0.2, -0.15) is 5.26 Å². The van der Waals surface area contributed by atoms with Crippen LogP contribution < -0.4 is 5.32 Å². The van der Waals surface area contributed by atoms with Gasteiger partial charge in [0, 0.05) is 0 Å². The Morgan fingerprint density at radius 3 is 2.40 bits per heavy atom. The molecule has 0 saturated heterocycles. The SMILES string of the molecule is CC(C)(C)OC(=O)N[C@H](CC#N)C(=O)O. The lowest BCUT2D eigenvalue weighted by atomic mass is 10.2. The lowest BCUT2D eigenvalue weighted by Crippen LogP contribution is -2.43. The highest BCUT2D eigenvalue weighted by molar-refractivity contribution is 5.80. The molecule has 0 spiro atoms. The van der Waals surface area contributed by atoms with E-state index >= 15 is 0 Å². The van der Waals surface area contributed by atoms with E-state index in [1.165, 1.54) is 0 Å². The lowest BCUT2D eigenvalue weighted by molar-refractivity contribution is -0.139. The van der Waals surface area contributed by atoms with Crippen molar-refractivity contribution in [3.8, 4) is 6.07 Å². The van der Waals surface area contributed by atoms with Gasteiger partial charge in [-0.1, -0.05) is 0 Å². The van der Waals surface area contributed by atoms with Crippen LogP contribution in [-0.2, 0) is 9.53 Å². The number of aliphatic carboxylic acids is 1. The minimum atomic E-state index is -1.26. The topological polar surface area (TPSA) is 99.4 Å². The van der Waals surface area contributed by atoms with E-state index in [9.17, 15) is 9.59 Å². The highest BCUT2D eigenvalue weighted by atomic mass is 16.6. The first-order chi connectivity index (χ1) is 6.76. The van der Waals surface area contributed by atoms with Gasteiger partial charge in [-0.05, 0) is 20.8 Å². The molecule has 6 nitrogen and oxygen atoms in total. The number of ether oxygens (including phenoxy) is 1.